The van der Waals surface area contributed by atoms with Crippen molar-refractivity contribution in [1.82, 2.24) is 4.98 Å². The number of halogens is 1. The molecule has 6 nitrogen and oxygen atoms in total. The molecule has 1 heterocycles. The molecule has 0 saturated carbocycles. The van der Waals surface area contributed by atoms with E-state index in [0.717, 1.165) is 11.1 Å². The smallest absolute Gasteiger partial charge is 0.344 e. The maximum Gasteiger partial charge on any atom is 0.344 e. The first-order valence-corrected chi connectivity index (χ1v) is 9.50. The van der Waals surface area contributed by atoms with Crippen molar-refractivity contribution < 1.29 is 23.8 Å². The van der Waals surface area contributed by atoms with Crippen LogP contribution in [0.25, 0.3) is 11.1 Å². The van der Waals surface area contributed by atoms with Crippen molar-refractivity contribution in [3.8, 4) is 22.6 Å². The van der Waals surface area contributed by atoms with Crippen molar-refractivity contribution in [2.45, 2.75) is 33.0 Å². The SMILES string of the molecule is CCc1cc(-c2c(OCc3ccc(F)cc3)cc[nH]c2=O)ccc1OC(C)C(=O)O. The summed E-state index contributed by atoms with van der Waals surface area (Å²) in [4.78, 5) is 26.3. The van der Waals surface area contributed by atoms with E-state index in [9.17, 15) is 14.0 Å². The minimum absolute atomic E-state index is 0.175. The minimum Gasteiger partial charge on any atom is -0.488 e. The summed E-state index contributed by atoms with van der Waals surface area (Å²) in [6.45, 7) is 3.55. The Hall–Kier alpha value is -3.61. The molecule has 1 unspecified atom stereocenters. The molecule has 3 aromatic rings. The fourth-order valence-corrected chi connectivity index (χ4v) is 2.96. The van der Waals surface area contributed by atoms with E-state index < -0.39 is 12.1 Å². The van der Waals surface area contributed by atoms with Crippen LogP contribution in [0.5, 0.6) is 11.5 Å². The number of aliphatic carboxylic acids is 1. The molecule has 1 aromatic heterocycles. The van der Waals surface area contributed by atoms with Crippen LogP contribution in [0.15, 0.2) is 59.5 Å². The molecule has 2 aromatic carbocycles. The number of ether oxygens (including phenoxy) is 2. The van der Waals surface area contributed by atoms with E-state index in [1.807, 2.05) is 6.92 Å². The number of carboxylic acids is 1. The highest BCUT2D eigenvalue weighted by atomic mass is 19.1. The largest absolute Gasteiger partial charge is 0.488 e. The lowest BCUT2D eigenvalue weighted by Gasteiger charge is -2.16. The lowest BCUT2D eigenvalue weighted by molar-refractivity contribution is -0.144. The predicted octanol–water partition coefficient (Wildman–Crippen LogP) is 4.17. The second kappa shape index (κ2) is 9.26. The van der Waals surface area contributed by atoms with Gasteiger partial charge in [-0.3, -0.25) is 4.79 Å². The third-order valence-electron chi connectivity index (χ3n) is 4.61. The van der Waals surface area contributed by atoms with Crippen LogP contribution in [0.3, 0.4) is 0 Å². The Morgan fingerprint density at radius 1 is 1.13 bits per heavy atom. The number of rotatable bonds is 8. The number of carboxylic acid groups (broad SMARTS) is 1. The van der Waals surface area contributed by atoms with Gasteiger partial charge in [-0.1, -0.05) is 25.1 Å². The number of hydrogen-bond donors (Lipinski definition) is 2. The molecule has 2 N–H and O–H groups in total. The molecule has 1 atom stereocenters. The number of nitrogens with one attached hydrogen (secondary N) is 1. The molecule has 7 heteroatoms. The van der Waals surface area contributed by atoms with E-state index in [-0.39, 0.29) is 18.0 Å². The van der Waals surface area contributed by atoms with Crippen molar-refractivity contribution in [2.24, 2.45) is 0 Å². The predicted molar refractivity (Wildman–Crippen MR) is 110 cm³/mol. The Kier molecular flexibility index (Phi) is 6.51. The van der Waals surface area contributed by atoms with Crippen molar-refractivity contribution in [1.29, 1.82) is 0 Å². The molecule has 0 saturated heterocycles. The van der Waals surface area contributed by atoms with Crippen molar-refractivity contribution in [3.05, 3.63) is 82.0 Å². The molecular weight excluding hydrogens is 389 g/mol. The average molecular weight is 411 g/mol. The molecule has 3 rings (SSSR count). The third-order valence-corrected chi connectivity index (χ3v) is 4.61. The van der Waals surface area contributed by atoms with E-state index >= 15 is 0 Å². The molecule has 0 aliphatic heterocycles. The van der Waals surface area contributed by atoms with Gasteiger partial charge in [0.15, 0.2) is 6.10 Å². The first-order valence-electron chi connectivity index (χ1n) is 9.50. The summed E-state index contributed by atoms with van der Waals surface area (Å²) in [5.41, 5.74) is 2.20. The zero-order valence-electron chi connectivity index (χ0n) is 16.6. The number of H-pyrrole nitrogens is 1. The van der Waals surface area contributed by atoms with Crippen molar-refractivity contribution >= 4 is 5.97 Å². The van der Waals surface area contributed by atoms with Crippen LogP contribution in [-0.4, -0.2) is 22.2 Å². The Morgan fingerprint density at radius 2 is 1.87 bits per heavy atom. The van der Waals surface area contributed by atoms with Gasteiger partial charge in [-0.2, -0.15) is 0 Å². The standard InChI is InChI=1S/C23H22FNO5/c1-3-16-12-17(6-9-19(16)30-14(2)23(27)28)21-20(10-11-25-22(21)26)29-13-15-4-7-18(24)8-5-15/h4-12,14H,3,13H2,1-2H3,(H,25,26)(H,27,28). The monoisotopic (exact) mass is 411 g/mol. The molecule has 0 amide bonds. The summed E-state index contributed by atoms with van der Waals surface area (Å²) < 4.78 is 24.4. The van der Waals surface area contributed by atoms with Crippen molar-refractivity contribution in [3.63, 3.8) is 0 Å². The lowest BCUT2D eigenvalue weighted by atomic mass is 10.0. The van der Waals surface area contributed by atoms with Crippen LogP contribution in [0.4, 0.5) is 4.39 Å². The van der Waals surface area contributed by atoms with Crippen LogP contribution in [0.1, 0.15) is 25.0 Å². The Bertz CT molecular complexity index is 1090. The van der Waals surface area contributed by atoms with Gasteiger partial charge in [0.2, 0.25) is 0 Å². The first kappa shape index (κ1) is 21.1. The molecule has 0 aliphatic carbocycles. The molecule has 156 valence electrons. The Labute approximate surface area is 172 Å². The van der Waals surface area contributed by atoms with Gasteiger partial charge in [0.05, 0.1) is 5.56 Å². The fourth-order valence-electron chi connectivity index (χ4n) is 2.96. The van der Waals surface area contributed by atoms with Gasteiger partial charge in [-0.15, -0.1) is 0 Å². The quantitative estimate of drug-likeness (QED) is 0.581. The van der Waals surface area contributed by atoms with Gasteiger partial charge in [0.1, 0.15) is 23.9 Å². The topological polar surface area (TPSA) is 88.6 Å². The average Bonchev–Trinajstić information content (AvgIpc) is 2.73. The van der Waals surface area contributed by atoms with Crippen LogP contribution < -0.4 is 15.0 Å². The molecule has 0 radical (unpaired) electrons. The summed E-state index contributed by atoms with van der Waals surface area (Å²) in [5, 5.41) is 9.07. The van der Waals surface area contributed by atoms with Gasteiger partial charge < -0.3 is 19.6 Å². The Balaban J connectivity index is 1.92. The van der Waals surface area contributed by atoms with E-state index in [1.54, 1.807) is 36.4 Å². The summed E-state index contributed by atoms with van der Waals surface area (Å²) in [6, 6.07) is 12.7. The number of aromatic amines is 1. The maximum absolute atomic E-state index is 13.1. The Morgan fingerprint density at radius 3 is 2.53 bits per heavy atom. The van der Waals surface area contributed by atoms with Crippen LogP contribution in [0, 0.1) is 5.82 Å². The van der Waals surface area contributed by atoms with Gasteiger partial charge in [0.25, 0.3) is 5.56 Å². The number of aromatic nitrogens is 1. The highest BCUT2D eigenvalue weighted by Gasteiger charge is 2.17. The van der Waals surface area contributed by atoms with E-state index in [1.165, 1.54) is 25.3 Å². The number of hydrogen-bond acceptors (Lipinski definition) is 4. The highest BCUT2D eigenvalue weighted by molar-refractivity contribution is 5.73. The molecule has 30 heavy (non-hydrogen) atoms. The second-order valence-electron chi connectivity index (χ2n) is 6.74. The number of benzene rings is 2. The number of aryl methyl sites for hydroxylation is 1. The number of carbonyl (C=O) groups is 1. The summed E-state index contributed by atoms with van der Waals surface area (Å²) in [5.74, 6) is -0.547. The van der Waals surface area contributed by atoms with E-state index in [4.69, 9.17) is 14.6 Å². The minimum atomic E-state index is -1.06. The summed E-state index contributed by atoms with van der Waals surface area (Å²) in [6.07, 6.45) is 1.10. The van der Waals surface area contributed by atoms with Gasteiger partial charge in [-0.25, -0.2) is 9.18 Å². The lowest BCUT2D eigenvalue weighted by Crippen LogP contribution is -2.23. The van der Waals surface area contributed by atoms with Crippen LogP contribution >= 0.6 is 0 Å². The molecule has 0 aliphatic rings. The zero-order chi connectivity index (χ0) is 21.7. The van der Waals surface area contributed by atoms with Gasteiger partial charge >= 0.3 is 5.97 Å². The summed E-state index contributed by atoms with van der Waals surface area (Å²) >= 11 is 0. The van der Waals surface area contributed by atoms with Crippen molar-refractivity contribution in [2.75, 3.05) is 0 Å². The third kappa shape index (κ3) is 4.86. The van der Waals surface area contributed by atoms with Gasteiger partial charge in [0, 0.05) is 6.20 Å². The number of pyridine rings is 1. The highest BCUT2D eigenvalue weighted by Crippen LogP contribution is 2.31. The summed E-state index contributed by atoms with van der Waals surface area (Å²) in [7, 11) is 0. The first-order chi connectivity index (χ1) is 14.4. The molecule has 0 bridgehead atoms. The second-order valence-corrected chi connectivity index (χ2v) is 6.74. The zero-order valence-corrected chi connectivity index (χ0v) is 16.6. The van der Waals surface area contributed by atoms with Crippen LogP contribution in [0.2, 0.25) is 0 Å². The van der Waals surface area contributed by atoms with E-state index in [2.05, 4.69) is 4.98 Å². The molecule has 0 spiro atoms. The van der Waals surface area contributed by atoms with Gasteiger partial charge in [-0.05, 0) is 60.4 Å². The fraction of sp³-hybridized carbons (Fsp3) is 0.217. The molecular formula is C23H22FNO5. The van der Waals surface area contributed by atoms with E-state index in [0.29, 0.717) is 29.0 Å². The normalized spacial score (nSPS) is 11.7. The molecule has 0 fully saturated rings. The van der Waals surface area contributed by atoms with Crippen LogP contribution in [-0.2, 0) is 17.8 Å². The maximum atomic E-state index is 13.1.